The maximum atomic E-state index is 14.0. The molecule has 4 N–H and O–H groups in total. The number of fused-ring (bicyclic) bond motifs is 1. The third-order valence-corrected chi connectivity index (χ3v) is 16.7. The van der Waals surface area contributed by atoms with Crippen molar-refractivity contribution < 1.29 is 52.9 Å². The SMILES string of the molecule is CC(C)[C@H](NC(=O)OC(C)(C)C)C(=O)NCCN(CN1C(=O)CCC(N2C(=O)c3ccc(N4CCN(CC5CCN(c6ccc(C(=O)N[C@H]7C(C)(C)[C@H](Oc8ccc(C#N)c(Cl)c8)C7(C)C)cc6)CC5)CC4)cc3C2=O)C1=O)C(=O)O. The molecule has 4 aliphatic heterocycles. The quantitative estimate of drug-likeness (QED) is 0.104. The van der Waals surface area contributed by atoms with Gasteiger partial charge < -0.3 is 40.3 Å². The number of anilines is 2. The highest BCUT2D eigenvalue weighted by molar-refractivity contribution is 6.31. The average Bonchev–Trinajstić information content (AvgIpc) is 2.77. The number of halogens is 1. The van der Waals surface area contributed by atoms with Crippen molar-refractivity contribution in [2.75, 3.05) is 75.4 Å². The summed E-state index contributed by atoms with van der Waals surface area (Å²) >= 11 is 6.27. The van der Waals surface area contributed by atoms with E-state index < -0.39 is 66.1 Å². The summed E-state index contributed by atoms with van der Waals surface area (Å²) in [5, 5.41) is 28.1. The lowest BCUT2D eigenvalue weighted by Gasteiger charge is -2.63. The number of carbonyl (C=O) groups excluding carboxylic acids is 7. The Morgan fingerprint density at radius 2 is 1.47 bits per heavy atom. The molecule has 434 valence electrons. The van der Waals surface area contributed by atoms with E-state index in [-0.39, 0.29) is 71.9 Å². The molecule has 21 nitrogen and oxygen atoms in total. The minimum absolute atomic E-state index is 0.122. The van der Waals surface area contributed by atoms with E-state index in [4.69, 9.17) is 21.1 Å². The first-order valence-corrected chi connectivity index (χ1v) is 28.2. The van der Waals surface area contributed by atoms with E-state index in [9.17, 15) is 48.7 Å². The molecule has 3 aromatic rings. The average molecular weight is 1140 g/mol. The first kappa shape index (κ1) is 59.7. The molecular weight excluding hydrogens is 1060 g/mol. The van der Waals surface area contributed by atoms with Gasteiger partial charge in [-0.1, -0.05) is 53.1 Å². The van der Waals surface area contributed by atoms with Crippen LogP contribution >= 0.6 is 11.6 Å². The number of amides is 8. The van der Waals surface area contributed by atoms with Gasteiger partial charge in [-0.2, -0.15) is 5.26 Å². The summed E-state index contributed by atoms with van der Waals surface area (Å²) in [5.74, 6) is -2.89. The highest BCUT2D eigenvalue weighted by atomic mass is 35.5. The summed E-state index contributed by atoms with van der Waals surface area (Å²) in [4.78, 5) is 116. The van der Waals surface area contributed by atoms with Gasteiger partial charge in [-0.05, 0) is 106 Å². The first-order chi connectivity index (χ1) is 38.2. The van der Waals surface area contributed by atoms with Crippen LogP contribution in [0.15, 0.2) is 60.7 Å². The van der Waals surface area contributed by atoms with Crippen LogP contribution in [-0.4, -0.2) is 168 Å². The molecule has 0 bridgehead atoms. The molecule has 8 amide bonds. The fourth-order valence-electron chi connectivity index (χ4n) is 12.3. The monoisotopic (exact) mass is 1130 g/mol. The molecule has 0 aromatic heterocycles. The summed E-state index contributed by atoms with van der Waals surface area (Å²) in [6, 6.07) is 17.5. The van der Waals surface area contributed by atoms with E-state index in [1.54, 1.807) is 71.0 Å². The number of rotatable bonds is 17. The Morgan fingerprint density at radius 1 is 0.840 bits per heavy atom. The lowest BCUT2D eigenvalue weighted by Crippen LogP contribution is -2.74. The minimum Gasteiger partial charge on any atom is -0.489 e. The van der Waals surface area contributed by atoms with Gasteiger partial charge in [-0.25, -0.2) is 9.59 Å². The van der Waals surface area contributed by atoms with Crippen LogP contribution in [0.5, 0.6) is 5.75 Å². The molecular formula is C59H75ClN10O11. The van der Waals surface area contributed by atoms with Crippen molar-refractivity contribution in [2.24, 2.45) is 22.7 Å². The van der Waals surface area contributed by atoms with Gasteiger partial charge in [-0.15, -0.1) is 0 Å². The van der Waals surface area contributed by atoms with Gasteiger partial charge in [0, 0.05) is 105 Å². The van der Waals surface area contributed by atoms with Crippen LogP contribution in [0.4, 0.5) is 21.0 Å². The van der Waals surface area contributed by atoms with Crippen molar-refractivity contribution in [2.45, 2.75) is 118 Å². The highest BCUT2D eigenvalue weighted by Crippen LogP contribution is 2.55. The molecule has 4 fully saturated rings. The number of carboxylic acid groups (broad SMARTS) is 1. The summed E-state index contributed by atoms with van der Waals surface area (Å²) in [6.07, 6.45) is -0.781. The fourth-order valence-corrected chi connectivity index (χ4v) is 12.5. The minimum atomic E-state index is -1.48. The standard InChI is InChI=1S/C59H75ClN10O11/c1-35(2)47(63-55(77)81-57(3,4)5)49(73)62-22-25-68(56(78)79)34-69-46(71)19-18-45(52(69)76)70-50(74)42-17-15-40(30-43(42)51(70)75)67-28-26-65(27-29-67)33-36-20-23-66(24-21-36)39-13-10-37(11-14-39)48(72)64-53-58(6,7)54(59(53,8)9)80-41-16-12-38(32-61)44(60)31-41/h10-17,30-31,35-36,45,47,53-54H,18-29,33-34H2,1-9H3,(H,62,73)(H,63,77)(H,64,72)(H,78,79)/t45?,47-,53-,54-/m0/s1. The normalized spacial score (nSPS) is 21.4. The Balaban J connectivity index is 0.781. The molecule has 4 heterocycles. The van der Waals surface area contributed by atoms with Gasteiger partial charge in [0.15, 0.2) is 0 Å². The number of nitrogens with zero attached hydrogens (tertiary/aromatic N) is 7. The molecule has 81 heavy (non-hydrogen) atoms. The van der Waals surface area contributed by atoms with Gasteiger partial charge in [-0.3, -0.25) is 48.4 Å². The van der Waals surface area contributed by atoms with Crippen molar-refractivity contribution in [1.82, 2.24) is 35.6 Å². The van der Waals surface area contributed by atoms with Crippen LogP contribution in [0, 0.1) is 34.0 Å². The molecule has 2 atom stereocenters. The molecule has 8 rings (SSSR count). The number of nitrogens with one attached hydrogen (secondary N) is 3. The van der Waals surface area contributed by atoms with Crippen LogP contribution in [0.2, 0.25) is 5.02 Å². The molecule has 1 saturated carbocycles. The van der Waals surface area contributed by atoms with Crippen LogP contribution in [-0.2, 0) is 19.1 Å². The van der Waals surface area contributed by atoms with Crippen LogP contribution in [0.3, 0.4) is 0 Å². The number of carbonyl (C=O) groups is 8. The maximum Gasteiger partial charge on any atom is 0.408 e. The third kappa shape index (κ3) is 13.0. The van der Waals surface area contributed by atoms with Crippen molar-refractivity contribution in [3.05, 3.63) is 87.9 Å². The molecule has 5 aliphatic rings. The van der Waals surface area contributed by atoms with E-state index in [2.05, 4.69) is 64.4 Å². The number of imide groups is 2. The Morgan fingerprint density at radius 3 is 2.07 bits per heavy atom. The molecule has 0 spiro atoms. The number of nitriles is 1. The zero-order valence-corrected chi connectivity index (χ0v) is 48.4. The second kappa shape index (κ2) is 23.9. The molecule has 1 aliphatic carbocycles. The highest BCUT2D eigenvalue weighted by Gasteiger charge is 2.64. The second-order valence-electron chi connectivity index (χ2n) is 24.3. The van der Waals surface area contributed by atoms with E-state index in [0.717, 1.165) is 71.6 Å². The smallest absolute Gasteiger partial charge is 0.408 e. The molecule has 1 unspecified atom stereocenters. The number of piperidine rings is 2. The third-order valence-electron chi connectivity index (χ3n) is 16.4. The summed E-state index contributed by atoms with van der Waals surface area (Å²) in [7, 11) is 0. The molecule has 3 aromatic carbocycles. The number of hydrogen-bond acceptors (Lipinski definition) is 14. The van der Waals surface area contributed by atoms with E-state index in [0.29, 0.717) is 40.9 Å². The molecule has 3 saturated heterocycles. The van der Waals surface area contributed by atoms with E-state index >= 15 is 0 Å². The first-order valence-electron chi connectivity index (χ1n) is 27.8. The second-order valence-corrected chi connectivity index (χ2v) is 24.7. The predicted molar refractivity (Wildman–Crippen MR) is 302 cm³/mol. The predicted octanol–water partition coefficient (Wildman–Crippen LogP) is 6.58. The Labute approximate surface area is 478 Å². The van der Waals surface area contributed by atoms with Gasteiger partial charge in [0.25, 0.3) is 23.6 Å². The van der Waals surface area contributed by atoms with Crippen molar-refractivity contribution in [3.8, 4) is 11.8 Å². The fraction of sp³-hybridized carbons (Fsp3) is 0.542. The number of hydrogen-bond donors (Lipinski definition) is 4. The van der Waals surface area contributed by atoms with Gasteiger partial charge in [0.2, 0.25) is 11.8 Å². The molecule has 22 heteroatoms. The lowest BCUT2D eigenvalue weighted by atomic mass is 9.49. The van der Waals surface area contributed by atoms with Gasteiger partial charge in [0.05, 0.1) is 21.7 Å². The van der Waals surface area contributed by atoms with Crippen LogP contribution in [0.1, 0.15) is 125 Å². The largest absolute Gasteiger partial charge is 0.489 e. The summed E-state index contributed by atoms with van der Waals surface area (Å²) in [5.41, 5.74) is 1.53. The van der Waals surface area contributed by atoms with Crippen molar-refractivity contribution >= 4 is 70.6 Å². The zero-order chi connectivity index (χ0) is 58.9. The zero-order valence-electron chi connectivity index (χ0n) is 47.7. The number of benzene rings is 3. The van der Waals surface area contributed by atoms with Crippen LogP contribution in [0.25, 0.3) is 0 Å². The molecule has 0 radical (unpaired) electrons. The number of likely N-dealkylation sites (tertiary alicyclic amines) is 1. The van der Waals surface area contributed by atoms with Gasteiger partial charge >= 0.3 is 12.2 Å². The summed E-state index contributed by atoms with van der Waals surface area (Å²) in [6.45, 7) is 21.3. The lowest BCUT2D eigenvalue weighted by molar-refractivity contribution is -0.164. The summed E-state index contributed by atoms with van der Waals surface area (Å²) < 4.78 is 11.7. The Kier molecular flexibility index (Phi) is 17.6. The number of ether oxygens (including phenoxy) is 2. The van der Waals surface area contributed by atoms with Crippen LogP contribution < -0.4 is 30.5 Å². The van der Waals surface area contributed by atoms with Crippen molar-refractivity contribution in [1.29, 1.82) is 5.26 Å². The van der Waals surface area contributed by atoms with E-state index in [1.807, 2.05) is 24.3 Å². The van der Waals surface area contributed by atoms with Crippen molar-refractivity contribution in [3.63, 3.8) is 0 Å². The number of piperazine rings is 1. The Hall–Kier alpha value is -7.44. The van der Waals surface area contributed by atoms with E-state index in [1.165, 1.54) is 0 Å². The maximum absolute atomic E-state index is 14.0. The Bertz CT molecular complexity index is 2960. The topological polar surface area (TPSA) is 255 Å². The number of alkyl carbamates (subject to hydrolysis) is 1. The van der Waals surface area contributed by atoms with Gasteiger partial charge in [0.1, 0.15) is 42.3 Å².